The number of aryl methyl sites for hydroxylation is 1. The van der Waals surface area contributed by atoms with Crippen LogP contribution in [0.3, 0.4) is 0 Å². The first-order chi connectivity index (χ1) is 9.02. The highest BCUT2D eigenvalue weighted by Gasteiger charge is 2.18. The minimum atomic E-state index is -0.422. The second-order valence-corrected chi connectivity index (χ2v) is 5.71. The molecular weight excluding hydrogens is 240 g/mol. The molecule has 2 rings (SSSR count). The number of nitriles is 1. The van der Waals surface area contributed by atoms with E-state index in [1.807, 2.05) is 13.8 Å². The van der Waals surface area contributed by atoms with Gasteiger partial charge < -0.3 is 4.90 Å². The van der Waals surface area contributed by atoms with Gasteiger partial charge in [0.1, 0.15) is 0 Å². The van der Waals surface area contributed by atoms with E-state index in [0.717, 1.165) is 18.8 Å². The van der Waals surface area contributed by atoms with Crippen molar-refractivity contribution in [3.63, 3.8) is 0 Å². The lowest BCUT2D eigenvalue weighted by Crippen LogP contribution is -2.27. The molecule has 0 N–H and O–H groups in total. The van der Waals surface area contributed by atoms with E-state index in [2.05, 4.69) is 16.1 Å². The van der Waals surface area contributed by atoms with Crippen molar-refractivity contribution in [1.29, 1.82) is 5.26 Å². The van der Waals surface area contributed by atoms with Crippen LogP contribution < -0.4 is 10.5 Å². The Morgan fingerprint density at radius 2 is 2.11 bits per heavy atom. The fourth-order valence-corrected chi connectivity index (χ4v) is 2.18. The first-order valence-corrected chi connectivity index (χ1v) is 6.75. The molecule has 2 heterocycles. The highest BCUT2D eigenvalue weighted by molar-refractivity contribution is 5.43. The van der Waals surface area contributed by atoms with Crippen molar-refractivity contribution in [3.05, 3.63) is 22.6 Å². The van der Waals surface area contributed by atoms with E-state index in [4.69, 9.17) is 5.26 Å². The van der Waals surface area contributed by atoms with Gasteiger partial charge in [0.2, 0.25) is 0 Å². The van der Waals surface area contributed by atoms with Gasteiger partial charge in [0.15, 0.2) is 0 Å². The van der Waals surface area contributed by atoms with Crippen molar-refractivity contribution in [1.82, 2.24) is 9.78 Å². The summed E-state index contributed by atoms with van der Waals surface area (Å²) in [5.74, 6) is 0. The van der Waals surface area contributed by atoms with Crippen molar-refractivity contribution >= 4 is 5.69 Å². The summed E-state index contributed by atoms with van der Waals surface area (Å²) in [4.78, 5) is 14.2. The van der Waals surface area contributed by atoms with Gasteiger partial charge in [0, 0.05) is 25.7 Å². The monoisotopic (exact) mass is 260 g/mol. The molecule has 0 unspecified atom stereocenters. The van der Waals surface area contributed by atoms with Gasteiger partial charge >= 0.3 is 0 Å². The molecule has 1 aliphatic rings. The van der Waals surface area contributed by atoms with Crippen LogP contribution in [0.15, 0.2) is 17.1 Å². The van der Waals surface area contributed by atoms with Crippen LogP contribution in [0.25, 0.3) is 0 Å². The van der Waals surface area contributed by atoms with E-state index < -0.39 is 5.41 Å². The van der Waals surface area contributed by atoms with Crippen LogP contribution in [0.2, 0.25) is 0 Å². The predicted molar refractivity (Wildman–Crippen MR) is 74.0 cm³/mol. The fraction of sp³-hybridized carbons (Fsp3) is 0.643. The summed E-state index contributed by atoms with van der Waals surface area (Å²) < 4.78 is 1.44. The standard InChI is InChI=1S/C14H20N4O/c1-14(2,11-15)5-8-18-13(19)9-12(10-16-18)17-6-3-4-7-17/h9-10H,3-8H2,1-2H3. The molecule has 5 heteroatoms. The Morgan fingerprint density at radius 3 is 2.68 bits per heavy atom. The summed E-state index contributed by atoms with van der Waals surface area (Å²) in [5.41, 5.74) is 0.408. The first kappa shape index (κ1) is 13.6. The Balaban J connectivity index is 2.07. The maximum absolute atomic E-state index is 12.0. The third-order valence-electron chi connectivity index (χ3n) is 3.58. The zero-order valence-corrected chi connectivity index (χ0v) is 11.6. The Bertz CT molecular complexity index is 535. The molecule has 0 saturated carbocycles. The second kappa shape index (κ2) is 5.43. The Hall–Kier alpha value is -1.83. The van der Waals surface area contributed by atoms with Crippen molar-refractivity contribution in [2.75, 3.05) is 18.0 Å². The summed E-state index contributed by atoms with van der Waals surface area (Å²) >= 11 is 0. The van der Waals surface area contributed by atoms with Crippen molar-refractivity contribution < 1.29 is 0 Å². The van der Waals surface area contributed by atoms with Gasteiger partial charge in [0.05, 0.1) is 23.4 Å². The van der Waals surface area contributed by atoms with E-state index >= 15 is 0 Å². The largest absolute Gasteiger partial charge is 0.370 e. The van der Waals surface area contributed by atoms with Crippen LogP contribution in [0.5, 0.6) is 0 Å². The number of hydrogen-bond acceptors (Lipinski definition) is 4. The molecule has 1 aromatic rings. The molecule has 0 radical (unpaired) electrons. The number of nitrogens with zero attached hydrogens (tertiary/aromatic N) is 4. The number of rotatable bonds is 4. The summed E-state index contributed by atoms with van der Waals surface area (Å²) in [6, 6.07) is 3.89. The number of hydrogen-bond donors (Lipinski definition) is 0. The molecule has 0 aliphatic carbocycles. The van der Waals surface area contributed by atoms with Crippen LogP contribution in [0, 0.1) is 16.7 Å². The SMILES string of the molecule is CC(C)(C#N)CCn1ncc(N2CCCC2)cc1=O. The molecule has 1 aromatic heterocycles. The summed E-state index contributed by atoms with van der Waals surface area (Å²) in [6.07, 6.45) is 4.74. The molecule has 1 fully saturated rings. The molecule has 19 heavy (non-hydrogen) atoms. The van der Waals surface area contributed by atoms with Gasteiger partial charge in [-0.1, -0.05) is 0 Å². The van der Waals surface area contributed by atoms with Crippen LogP contribution >= 0.6 is 0 Å². The molecule has 0 atom stereocenters. The minimum absolute atomic E-state index is 0.0851. The van der Waals surface area contributed by atoms with Gasteiger partial charge in [0.25, 0.3) is 5.56 Å². The summed E-state index contributed by atoms with van der Waals surface area (Å²) in [7, 11) is 0. The third-order valence-corrected chi connectivity index (χ3v) is 3.58. The van der Waals surface area contributed by atoms with Crippen molar-refractivity contribution in [2.24, 2.45) is 5.41 Å². The summed E-state index contributed by atoms with van der Waals surface area (Å²) in [6.45, 7) is 6.24. The van der Waals surface area contributed by atoms with E-state index in [9.17, 15) is 4.79 Å². The van der Waals surface area contributed by atoms with E-state index in [-0.39, 0.29) is 5.56 Å². The molecular formula is C14H20N4O. The summed E-state index contributed by atoms with van der Waals surface area (Å²) in [5, 5.41) is 13.2. The lowest BCUT2D eigenvalue weighted by Gasteiger charge is -2.18. The maximum Gasteiger partial charge on any atom is 0.268 e. The topological polar surface area (TPSA) is 61.9 Å². The van der Waals surface area contributed by atoms with Crippen LogP contribution in [-0.2, 0) is 6.54 Å². The van der Waals surface area contributed by atoms with Gasteiger partial charge in [-0.3, -0.25) is 4.79 Å². The smallest absolute Gasteiger partial charge is 0.268 e. The maximum atomic E-state index is 12.0. The number of anilines is 1. The number of aromatic nitrogens is 2. The van der Waals surface area contributed by atoms with Crippen LogP contribution in [-0.4, -0.2) is 22.9 Å². The van der Waals surface area contributed by atoms with Crippen molar-refractivity contribution in [2.45, 2.75) is 39.7 Å². The minimum Gasteiger partial charge on any atom is -0.370 e. The van der Waals surface area contributed by atoms with Crippen LogP contribution in [0.1, 0.15) is 33.1 Å². The van der Waals surface area contributed by atoms with Crippen LogP contribution in [0.4, 0.5) is 5.69 Å². The lowest BCUT2D eigenvalue weighted by molar-refractivity contribution is 0.391. The van der Waals surface area contributed by atoms with Gasteiger partial charge in [-0.25, -0.2) is 4.68 Å². The first-order valence-electron chi connectivity index (χ1n) is 6.75. The van der Waals surface area contributed by atoms with E-state index in [1.165, 1.54) is 17.5 Å². The average Bonchev–Trinajstić information content (AvgIpc) is 2.91. The second-order valence-electron chi connectivity index (χ2n) is 5.71. The molecule has 1 saturated heterocycles. The lowest BCUT2D eigenvalue weighted by atomic mass is 9.92. The molecule has 1 aliphatic heterocycles. The molecule has 0 bridgehead atoms. The molecule has 0 aromatic carbocycles. The van der Waals surface area contributed by atoms with Crippen molar-refractivity contribution in [3.8, 4) is 6.07 Å². The quantitative estimate of drug-likeness (QED) is 0.828. The average molecular weight is 260 g/mol. The molecule has 0 spiro atoms. The Kier molecular flexibility index (Phi) is 3.89. The Labute approximate surface area is 113 Å². The van der Waals surface area contributed by atoms with Gasteiger partial charge in [-0.15, -0.1) is 0 Å². The van der Waals surface area contributed by atoms with E-state index in [0.29, 0.717) is 13.0 Å². The third kappa shape index (κ3) is 3.34. The zero-order chi connectivity index (χ0) is 13.9. The fourth-order valence-electron chi connectivity index (χ4n) is 2.18. The van der Waals surface area contributed by atoms with Gasteiger partial charge in [-0.2, -0.15) is 10.4 Å². The molecule has 102 valence electrons. The van der Waals surface area contributed by atoms with E-state index in [1.54, 1.807) is 12.3 Å². The highest BCUT2D eigenvalue weighted by Crippen LogP contribution is 2.19. The molecule has 5 nitrogen and oxygen atoms in total. The highest BCUT2D eigenvalue weighted by atomic mass is 16.1. The molecule has 0 amide bonds. The zero-order valence-electron chi connectivity index (χ0n) is 11.6. The normalized spacial score (nSPS) is 15.5. The Morgan fingerprint density at radius 1 is 1.42 bits per heavy atom. The van der Waals surface area contributed by atoms with Gasteiger partial charge in [-0.05, 0) is 33.1 Å². The predicted octanol–water partition coefficient (Wildman–Crippen LogP) is 1.78.